The molecule has 0 N–H and O–H groups in total. The van der Waals surface area contributed by atoms with E-state index >= 15 is 0 Å². The summed E-state index contributed by atoms with van der Waals surface area (Å²) in [4.78, 5) is 0. The molecule has 0 unspecified atom stereocenters. The number of aromatic nitrogens is 1. The monoisotopic (exact) mass is 384 g/mol. The van der Waals surface area contributed by atoms with E-state index < -0.39 is 0 Å². The van der Waals surface area contributed by atoms with Crippen LogP contribution in [0.2, 0.25) is 0 Å². The summed E-state index contributed by atoms with van der Waals surface area (Å²) in [5.41, 5.74) is 7.95. The maximum absolute atomic E-state index is 2.33. The van der Waals surface area contributed by atoms with Crippen LogP contribution in [-0.2, 0) is 10.8 Å². The standard InChI is InChI=1S/C28H34N/c1-21-19-23(27(2,3)4)13-15-25(21)26-16-14-24(28(5,6)7)20-29(26)18-17-22-11-9-8-10-12-22/h8-20H,1-7H3/q+1/b18-17-. The molecule has 3 aromatic rings. The summed E-state index contributed by atoms with van der Waals surface area (Å²) in [5.74, 6) is 0. The van der Waals surface area contributed by atoms with Gasteiger partial charge >= 0.3 is 0 Å². The fourth-order valence-corrected chi connectivity index (χ4v) is 3.46. The summed E-state index contributed by atoms with van der Waals surface area (Å²) in [5, 5.41) is 0. The van der Waals surface area contributed by atoms with E-state index in [1.807, 2.05) is 0 Å². The van der Waals surface area contributed by atoms with Gasteiger partial charge in [0.05, 0.1) is 0 Å². The largest absolute Gasteiger partial charge is 0.218 e. The second kappa shape index (κ2) is 7.99. The molecular formula is C28H34N+. The van der Waals surface area contributed by atoms with Crippen LogP contribution in [0.1, 0.15) is 63.8 Å². The summed E-state index contributed by atoms with van der Waals surface area (Å²) in [6.45, 7) is 15.8. The van der Waals surface area contributed by atoms with E-state index in [0.29, 0.717) is 0 Å². The lowest BCUT2D eigenvalue weighted by molar-refractivity contribution is -0.556. The van der Waals surface area contributed by atoms with Crippen molar-refractivity contribution in [2.75, 3.05) is 0 Å². The number of rotatable bonds is 3. The predicted molar refractivity (Wildman–Crippen MR) is 126 cm³/mol. The Hall–Kier alpha value is -2.67. The van der Waals surface area contributed by atoms with Crippen LogP contribution in [0.4, 0.5) is 0 Å². The normalized spacial score (nSPS) is 12.5. The number of hydrogen-bond donors (Lipinski definition) is 0. The first-order chi connectivity index (χ1) is 13.6. The minimum absolute atomic E-state index is 0.103. The zero-order chi connectivity index (χ0) is 21.2. The van der Waals surface area contributed by atoms with Gasteiger partial charge in [-0.2, -0.15) is 4.57 Å². The summed E-state index contributed by atoms with van der Waals surface area (Å²) in [6, 6.07) is 21.9. The van der Waals surface area contributed by atoms with E-state index in [4.69, 9.17) is 0 Å². The van der Waals surface area contributed by atoms with Gasteiger partial charge in [-0.25, -0.2) is 0 Å². The van der Waals surface area contributed by atoms with Gasteiger partial charge in [0.2, 0.25) is 5.69 Å². The van der Waals surface area contributed by atoms with Gasteiger partial charge in [0.25, 0.3) is 0 Å². The quantitative estimate of drug-likeness (QED) is 0.421. The molecule has 2 aromatic carbocycles. The second-order valence-corrected chi connectivity index (χ2v) is 9.97. The van der Waals surface area contributed by atoms with E-state index in [0.717, 1.165) is 0 Å². The molecule has 1 nitrogen and oxygen atoms in total. The fourth-order valence-electron chi connectivity index (χ4n) is 3.46. The van der Waals surface area contributed by atoms with E-state index in [1.165, 1.54) is 33.5 Å². The van der Waals surface area contributed by atoms with Crippen molar-refractivity contribution in [3.8, 4) is 11.3 Å². The van der Waals surface area contributed by atoms with Gasteiger partial charge < -0.3 is 0 Å². The maximum atomic E-state index is 2.33. The van der Waals surface area contributed by atoms with E-state index in [1.54, 1.807) is 0 Å². The molecule has 0 aliphatic heterocycles. The third kappa shape index (κ3) is 5.03. The number of aryl methyl sites for hydroxylation is 1. The topological polar surface area (TPSA) is 3.88 Å². The molecule has 0 aliphatic carbocycles. The minimum Gasteiger partial charge on any atom is -0.166 e. The Balaban J connectivity index is 2.12. The van der Waals surface area contributed by atoms with Gasteiger partial charge in [-0.05, 0) is 46.6 Å². The van der Waals surface area contributed by atoms with Gasteiger partial charge in [-0.1, -0.05) is 84.0 Å². The summed E-state index contributed by atoms with van der Waals surface area (Å²) < 4.78 is 2.27. The zero-order valence-electron chi connectivity index (χ0n) is 19.0. The number of benzene rings is 2. The van der Waals surface area contributed by atoms with Crippen molar-refractivity contribution >= 4 is 12.3 Å². The molecule has 0 saturated carbocycles. The molecule has 0 radical (unpaired) electrons. The Kier molecular flexibility index (Phi) is 5.80. The molecular weight excluding hydrogens is 350 g/mol. The third-order valence-corrected chi connectivity index (χ3v) is 5.44. The molecule has 1 heterocycles. The van der Waals surface area contributed by atoms with Crippen molar-refractivity contribution in [2.45, 2.75) is 59.3 Å². The first kappa shape index (κ1) is 21.0. The molecule has 1 aromatic heterocycles. The highest BCUT2D eigenvalue weighted by Gasteiger charge is 2.22. The van der Waals surface area contributed by atoms with Crippen LogP contribution in [0.15, 0.2) is 66.9 Å². The summed E-state index contributed by atoms with van der Waals surface area (Å²) in [6.07, 6.45) is 6.62. The highest BCUT2D eigenvalue weighted by atomic mass is 14.9. The Morgan fingerprint density at radius 2 is 1.34 bits per heavy atom. The Morgan fingerprint density at radius 1 is 0.724 bits per heavy atom. The number of hydrogen-bond acceptors (Lipinski definition) is 0. The van der Waals surface area contributed by atoms with Crippen molar-refractivity contribution in [1.29, 1.82) is 0 Å². The zero-order valence-corrected chi connectivity index (χ0v) is 19.0. The fraction of sp³-hybridized carbons (Fsp3) is 0.321. The second-order valence-electron chi connectivity index (χ2n) is 9.97. The molecule has 0 aliphatic rings. The van der Waals surface area contributed by atoms with Crippen LogP contribution >= 0.6 is 0 Å². The van der Waals surface area contributed by atoms with Crippen LogP contribution in [-0.4, -0.2) is 0 Å². The molecule has 0 saturated heterocycles. The van der Waals surface area contributed by atoms with Gasteiger partial charge in [-0.3, -0.25) is 0 Å². The summed E-state index contributed by atoms with van der Waals surface area (Å²) >= 11 is 0. The molecule has 150 valence electrons. The van der Waals surface area contributed by atoms with Crippen LogP contribution < -0.4 is 4.57 Å². The van der Waals surface area contributed by atoms with E-state index in [9.17, 15) is 0 Å². The molecule has 3 rings (SSSR count). The first-order valence-electron chi connectivity index (χ1n) is 10.5. The molecule has 1 heteroatoms. The third-order valence-electron chi connectivity index (χ3n) is 5.44. The molecule has 0 fully saturated rings. The van der Waals surface area contributed by atoms with Gasteiger partial charge in [0, 0.05) is 23.3 Å². The van der Waals surface area contributed by atoms with Gasteiger partial charge in [-0.15, -0.1) is 0 Å². The van der Waals surface area contributed by atoms with Gasteiger partial charge in [0.15, 0.2) is 12.4 Å². The molecule has 0 amide bonds. The lowest BCUT2D eigenvalue weighted by Crippen LogP contribution is -2.31. The first-order valence-corrected chi connectivity index (χ1v) is 10.5. The Morgan fingerprint density at radius 3 is 1.93 bits per heavy atom. The van der Waals surface area contributed by atoms with Crippen LogP contribution in [0.3, 0.4) is 0 Å². The lowest BCUT2D eigenvalue weighted by atomic mass is 9.84. The van der Waals surface area contributed by atoms with Crippen molar-refractivity contribution < 1.29 is 4.57 Å². The minimum atomic E-state index is 0.103. The number of pyridine rings is 1. The van der Waals surface area contributed by atoms with Crippen LogP contribution in [0, 0.1) is 6.92 Å². The van der Waals surface area contributed by atoms with Gasteiger partial charge in [0.1, 0.15) is 0 Å². The smallest absolute Gasteiger partial charge is 0.166 e. The van der Waals surface area contributed by atoms with Crippen molar-refractivity contribution in [3.05, 3.63) is 89.1 Å². The molecule has 0 atom stereocenters. The average molecular weight is 385 g/mol. The molecule has 29 heavy (non-hydrogen) atoms. The Labute approximate surface area is 176 Å². The average Bonchev–Trinajstić information content (AvgIpc) is 2.65. The van der Waals surface area contributed by atoms with Crippen LogP contribution in [0.5, 0.6) is 0 Å². The van der Waals surface area contributed by atoms with Crippen molar-refractivity contribution in [2.24, 2.45) is 0 Å². The molecule has 0 spiro atoms. The molecule has 0 bridgehead atoms. The highest BCUT2D eigenvalue weighted by Crippen LogP contribution is 2.29. The van der Waals surface area contributed by atoms with Crippen LogP contribution in [0.25, 0.3) is 23.5 Å². The number of nitrogens with zero attached hydrogens (tertiary/aromatic N) is 1. The summed E-state index contributed by atoms with van der Waals surface area (Å²) in [7, 11) is 0. The lowest BCUT2D eigenvalue weighted by Gasteiger charge is -2.21. The van der Waals surface area contributed by atoms with Crippen molar-refractivity contribution in [1.82, 2.24) is 0 Å². The Bertz CT molecular complexity index is 1010. The maximum Gasteiger partial charge on any atom is 0.218 e. The highest BCUT2D eigenvalue weighted by molar-refractivity contribution is 5.64. The van der Waals surface area contributed by atoms with Crippen molar-refractivity contribution in [3.63, 3.8) is 0 Å². The SMILES string of the molecule is Cc1cc(C(C)(C)C)ccc1-c1ccc(C(C)(C)C)c[n+]1/C=C\c1ccccc1. The predicted octanol–water partition coefficient (Wildman–Crippen LogP) is 7.17. The van der Waals surface area contributed by atoms with E-state index in [2.05, 4.69) is 132 Å². The van der Waals surface area contributed by atoms with E-state index in [-0.39, 0.29) is 10.8 Å².